The quantitative estimate of drug-likeness (QED) is 0.821. The van der Waals surface area contributed by atoms with Crippen LogP contribution in [0.1, 0.15) is 55.4 Å². The first-order valence-corrected chi connectivity index (χ1v) is 7.99. The van der Waals surface area contributed by atoms with Crippen molar-refractivity contribution in [3.8, 4) is 0 Å². The molecule has 4 heteroatoms. The lowest BCUT2D eigenvalue weighted by atomic mass is 9.83. The minimum Gasteiger partial charge on any atom is -0.334 e. The highest BCUT2D eigenvalue weighted by atomic mass is 32.1. The fourth-order valence-corrected chi connectivity index (χ4v) is 4.04. The molecule has 18 heavy (non-hydrogen) atoms. The van der Waals surface area contributed by atoms with Crippen LogP contribution in [0.2, 0.25) is 0 Å². The summed E-state index contributed by atoms with van der Waals surface area (Å²) in [7, 11) is 0. The van der Waals surface area contributed by atoms with Crippen molar-refractivity contribution >= 4 is 17.2 Å². The van der Waals surface area contributed by atoms with Crippen LogP contribution in [-0.2, 0) is 0 Å². The molecule has 2 fully saturated rings. The van der Waals surface area contributed by atoms with Gasteiger partial charge < -0.3 is 4.90 Å². The maximum atomic E-state index is 12.4. The van der Waals surface area contributed by atoms with Crippen LogP contribution in [-0.4, -0.2) is 28.4 Å². The van der Waals surface area contributed by atoms with Crippen molar-refractivity contribution in [1.82, 2.24) is 9.88 Å². The smallest absolute Gasteiger partial charge is 0.273 e. The topological polar surface area (TPSA) is 33.2 Å². The predicted molar refractivity (Wildman–Crippen MR) is 72.7 cm³/mol. The molecule has 0 aromatic carbocycles. The van der Waals surface area contributed by atoms with Crippen LogP contribution in [0.15, 0.2) is 10.9 Å². The third kappa shape index (κ3) is 2.30. The number of hydrogen-bond donors (Lipinski definition) is 0. The van der Waals surface area contributed by atoms with Crippen molar-refractivity contribution in [3.63, 3.8) is 0 Å². The predicted octanol–water partition coefficient (Wildman–Crippen LogP) is 3.33. The third-order valence-electron chi connectivity index (χ3n) is 4.41. The van der Waals surface area contributed by atoms with Gasteiger partial charge in [-0.25, -0.2) is 4.98 Å². The lowest BCUT2D eigenvalue weighted by molar-refractivity contribution is 0.0656. The molecule has 1 aromatic rings. The number of aromatic nitrogens is 1. The molecule has 0 N–H and O–H groups in total. The molecule has 1 saturated carbocycles. The first-order valence-electron chi connectivity index (χ1n) is 7.05. The Morgan fingerprint density at radius 3 is 2.78 bits per heavy atom. The van der Waals surface area contributed by atoms with Gasteiger partial charge in [-0.3, -0.25) is 4.79 Å². The Labute approximate surface area is 112 Å². The van der Waals surface area contributed by atoms with Gasteiger partial charge in [-0.15, -0.1) is 11.3 Å². The van der Waals surface area contributed by atoms with Gasteiger partial charge in [-0.2, -0.15) is 0 Å². The summed E-state index contributed by atoms with van der Waals surface area (Å²) in [5, 5.41) is 1.87. The van der Waals surface area contributed by atoms with E-state index in [1.165, 1.54) is 49.9 Å². The molecule has 1 amide bonds. The lowest BCUT2D eigenvalue weighted by Gasteiger charge is -2.33. The van der Waals surface area contributed by atoms with Crippen LogP contribution < -0.4 is 0 Å². The Morgan fingerprint density at radius 2 is 2.06 bits per heavy atom. The first kappa shape index (κ1) is 12.2. The van der Waals surface area contributed by atoms with Crippen LogP contribution in [0, 0.1) is 5.92 Å². The number of rotatable bonds is 2. The monoisotopic (exact) mass is 264 g/mol. The second-order valence-corrected chi connectivity index (χ2v) is 6.20. The highest BCUT2D eigenvalue weighted by Crippen LogP contribution is 2.34. The molecule has 0 bridgehead atoms. The van der Waals surface area contributed by atoms with E-state index in [1.54, 1.807) is 5.51 Å². The van der Waals surface area contributed by atoms with Crippen molar-refractivity contribution < 1.29 is 4.79 Å². The Bertz CT molecular complexity index is 398. The summed E-state index contributed by atoms with van der Waals surface area (Å²) in [6.45, 7) is 0.928. The number of carbonyl (C=O) groups is 1. The van der Waals surface area contributed by atoms with Gasteiger partial charge in [0.15, 0.2) is 0 Å². The molecule has 0 radical (unpaired) electrons. The molecular formula is C14H20N2OS. The zero-order valence-electron chi connectivity index (χ0n) is 10.7. The van der Waals surface area contributed by atoms with E-state index in [0.717, 1.165) is 18.9 Å². The number of likely N-dealkylation sites (tertiary alicyclic amines) is 1. The molecule has 3 rings (SSSR count). The van der Waals surface area contributed by atoms with E-state index in [-0.39, 0.29) is 5.91 Å². The second-order valence-electron chi connectivity index (χ2n) is 5.48. The van der Waals surface area contributed by atoms with Crippen LogP contribution in [0.25, 0.3) is 0 Å². The van der Waals surface area contributed by atoms with E-state index >= 15 is 0 Å². The van der Waals surface area contributed by atoms with Crippen LogP contribution in [0.5, 0.6) is 0 Å². The van der Waals surface area contributed by atoms with E-state index < -0.39 is 0 Å². The number of carbonyl (C=O) groups excluding carboxylic acids is 1. The van der Waals surface area contributed by atoms with Crippen molar-refractivity contribution in [1.29, 1.82) is 0 Å². The normalized spacial score (nSPS) is 25.6. The summed E-state index contributed by atoms with van der Waals surface area (Å²) in [6, 6.07) is 0.486. The van der Waals surface area contributed by atoms with Crippen molar-refractivity contribution in [2.24, 2.45) is 5.92 Å². The highest BCUT2D eigenvalue weighted by molar-refractivity contribution is 7.07. The number of nitrogens with zero attached hydrogens (tertiary/aromatic N) is 2. The maximum Gasteiger partial charge on any atom is 0.273 e. The summed E-state index contributed by atoms with van der Waals surface area (Å²) in [6.07, 6.45) is 9.05. The fourth-order valence-electron chi connectivity index (χ4n) is 3.52. The number of hydrogen-bond acceptors (Lipinski definition) is 3. The van der Waals surface area contributed by atoms with Gasteiger partial charge in [0.1, 0.15) is 5.69 Å². The molecule has 3 nitrogen and oxygen atoms in total. The van der Waals surface area contributed by atoms with Crippen molar-refractivity contribution in [2.75, 3.05) is 6.54 Å². The molecule has 2 heterocycles. The zero-order chi connectivity index (χ0) is 12.4. The largest absolute Gasteiger partial charge is 0.334 e. The Kier molecular flexibility index (Phi) is 3.64. The summed E-state index contributed by atoms with van der Waals surface area (Å²) >= 11 is 1.50. The second kappa shape index (κ2) is 5.39. The summed E-state index contributed by atoms with van der Waals surface area (Å²) < 4.78 is 0. The van der Waals surface area contributed by atoms with Gasteiger partial charge in [0.25, 0.3) is 5.91 Å². The molecule has 1 aliphatic heterocycles. The lowest BCUT2D eigenvalue weighted by Crippen LogP contribution is -2.40. The van der Waals surface area contributed by atoms with Crippen LogP contribution in [0.3, 0.4) is 0 Å². The maximum absolute atomic E-state index is 12.4. The molecule has 0 spiro atoms. The summed E-state index contributed by atoms with van der Waals surface area (Å²) in [5.41, 5.74) is 2.39. The van der Waals surface area contributed by atoms with Crippen LogP contribution >= 0.6 is 11.3 Å². The molecule has 1 atom stereocenters. The summed E-state index contributed by atoms with van der Waals surface area (Å²) in [5.74, 6) is 0.896. The fraction of sp³-hybridized carbons (Fsp3) is 0.714. The minimum absolute atomic E-state index is 0.157. The average Bonchev–Trinajstić information content (AvgIpc) is 3.10. The molecule has 1 aromatic heterocycles. The Morgan fingerprint density at radius 1 is 1.22 bits per heavy atom. The zero-order valence-corrected chi connectivity index (χ0v) is 11.5. The third-order valence-corrected chi connectivity index (χ3v) is 4.99. The highest BCUT2D eigenvalue weighted by Gasteiger charge is 2.35. The standard InChI is InChI=1S/C14H20N2OS/c17-14(12-9-18-10-15-12)16-8-4-7-13(16)11-5-2-1-3-6-11/h9-11,13H,1-8H2. The van der Waals surface area contributed by atoms with Crippen molar-refractivity contribution in [3.05, 3.63) is 16.6 Å². The van der Waals surface area contributed by atoms with Gasteiger partial charge in [0, 0.05) is 18.0 Å². The van der Waals surface area contributed by atoms with Gasteiger partial charge >= 0.3 is 0 Å². The Hall–Kier alpha value is -0.900. The molecular weight excluding hydrogens is 244 g/mol. The van der Waals surface area contributed by atoms with Gasteiger partial charge in [0.2, 0.25) is 0 Å². The van der Waals surface area contributed by atoms with E-state index in [9.17, 15) is 4.79 Å². The molecule has 2 aliphatic rings. The van der Waals surface area contributed by atoms with E-state index in [0.29, 0.717) is 11.7 Å². The molecule has 1 unspecified atom stereocenters. The van der Waals surface area contributed by atoms with E-state index in [4.69, 9.17) is 0 Å². The number of thiazole rings is 1. The molecule has 1 aliphatic carbocycles. The van der Waals surface area contributed by atoms with Crippen LogP contribution in [0.4, 0.5) is 0 Å². The van der Waals surface area contributed by atoms with Gasteiger partial charge in [-0.05, 0) is 31.6 Å². The van der Waals surface area contributed by atoms with Gasteiger partial charge in [0.05, 0.1) is 5.51 Å². The van der Waals surface area contributed by atoms with E-state index in [2.05, 4.69) is 9.88 Å². The Balaban J connectivity index is 1.72. The van der Waals surface area contributed by atoms with Gasteiger partial charge in [-0.1, -0.05) is 19.3 Å². The average molecular weight is 264 g/mol. The SMILES string of the molecule is O=C(c1cscn1)N1CCCC1C1CCCCC1. The minimum atomic E-state index is 0.157. The summed E-state index contributed by atoms with van der Waals surface area (Å²) in [4.78, 5) is 18.7. The van der Waals surface area contributed by atoms with E-state index in [1.807, 2.05) is 5.38 Å². The molecule has 98 valence electrons. The molecule has 1 saturated heterocycles. The number of amides is 1. The van der Waals surface area contributed by atoms with Crippen molar-refractivity contribution in [2.45, 2.75) is 51.0 Å². The first-order chi connectivity index (χ1) is 8.86.